The highest BCUT2D eigenvalue weighted by molar-refractivity contribution is 5.86. The van der Waals surface area contributed by atoms with Gasteiger partial charge in [0.05, 0.1) is 11.9 Å². The molecule has 1 heterocycles. The molecule has 6 heteroatoms. The minimum absolute atomic E-state index is 0. The van der Waals surface area contributed by atoms with E-state index in [2.05, 4.69) is 5.32 Å². The lowest BCUT2D eigenvalue weighted by molar-refractivity contribution is -0.135. The van der Waals surface area contributed by atoms with Gasteiger partial charge in [0, 0.05) is 0 Å². The Kier molecular flexibility index (Phi) is 4.97. The fourth-order valence-electron chi connectivity index (χ4n) is 1.07. The molecular weight excluding hydrogens is 241 g/mol. The number of anilines is 1. The van der Waals surface area contributed by atoms with Gasteiger partial charge < -0.3 is 15.2 Å². The fourth-order valence-corrected chi connectivity index (χ4v) is 1.07. The fraction of sp³-hybridized carbons (Fsp3) is 0. The van der Waals surface area contributed by atoms with E-state index in [0.29, 0.717) is 5.75 Å². The SMILES string of the molecule is Cl.Cl.O=C(O)C1=CNc2ccccc2O1. The van der Waals surface area contributed by atoms with Gasteiger partial charge in [-0.3, -0.25) is 0 Å². The minimum Gasteiger partial charge on any atom is -0.475 e. The predicted molar refractivity (Wildman–Crippen MR) is 60.9 cm³/mol. The molecule has 15 heavy (non-hydrogen) atoms. The van der Waals surface area contributed by atoms with Crippen LogP contribution in [0.5, 0.6) is 5.75 Å². The Labute approximate surface area is 98.8 Å². The Hall–Kier alpha value is -1.39. The topological polar surface area (TPSA) is 58.6 Å². The Morgan fingerprint density at radius 1 is 1.27 bits per heavy atom. The summed E-state index contributed by atoms with van der Waals surface area (Å²) in [6, 6.07) is 7.14. The van der Waals surface area contributed by atoms with Crippen LogP contribution in [0.2, 0.25) is 0 Å². The Morgan fingerprint density at radius 3 is 2.60 bits per heavy atom. The van der Waals surface area contributed by atoms with Gasteiger partial charge in [0.1, 0.15) is 0 Å². The van der Waals surface area contributed by atoms with Gasteiger partial charge in [0.15, 0.2) is 5.75 Å². The van der Waals surface area contributed by atoms with Gasteiger partial charge in [-0.05, 0) is 12.1 Å². The van der Waals surface area contributed by atoms with E-state index in [9.17, 15) is 4.79 Å². The maximum absolute atomic E-state index is 10.5. The summed E-state index contributed by atoms with van der Waals surface area (Å²) < 4.78 is 5.09. The minimum atomic E-state index is -1.08. The van der Waals surface area contributed by atoms with Crippen LogP contribution in [0.25, 0.3) is 0 Å². The highest BCUT2D eigenvalue weighted by Gasteiger charge is 2.16. The van der Waals surface area contributed by atoms with E-state index in [4.69, 9.17) is 9.84 Å². The number of carboxylic acid groups (broad SMARTS) is 1. The van der Waals surface area contributed by atoms with Crippen LogP contribution in [0.1, 0.15) is 0 Å². The third-order valence-electron chi connectivity index (χ3n) is 1.68. The molecule has 0 unspecified atom stereocenters. The van der Waals surface area contributed by atoms with Crippen molar-refractivity contribution in [3.05, 3.63) is 36.2 Å². The molecule has 2 rings (SSSR count). The number of hydrogen-bond acceptors (Lipinski definition) is 3. The first-order chi connectivity index (χ1) is 6.27. The lowest BCUT2D eigenvalue weighted by Crippen LogP contribution is -2.14. The largest absolute Gasteiger partial charge is 0.475 e. The van der Waals surface area contributed by atoms with Gasteiger partial charge in [-0.2, -0.15) is 0 Å². The van der Waals surface area contributed by atoms with Crippen molar-refractivity contribution >= 4 is 36.5 Å². The van der Waals surface area contributed by atoms with Crippen molar-refractivity contribution in [2.45, 2.75) is 0 Å². The van der Waals surface area contributed by atoms with E-state index in [1.165, 1.54) is 6.20 Å². The number of halogens is 2. The first-order valence-electron chi connectivity index (χ1n) is 3.74. The van der Waals surface area contributed by atoms with Gasteiger partial charge in [-0.25, -0.2) is 4.79 Å². The standard InChI is InChI=1S/C9H7NO3.2ClH/c11-9(12)8-5-10-6-3-1-2-4-7(6)13-8;;/h1-5,10H,(H,11,12);2*1H. The first-order valence-corrected chi connectivity index (χ1v) is 3.74. The Balaban J connectivity index is 0.000000980. The Bertz CT molecular complexity index is 393. The quantitative estimate of drug-likeness (QED) is 0.802. The molecular formula is C9H9Cl2NO3. The van der Waals surface area contributed by atoms with Crippen molar-refractivity contribution in [3.8, 4) is 5.75 Å². The third kappa shape index (κ3) is 2.78. The lowest BCUT2D eigenvalue weighted by atomic mass is 10.2. The summed E-state index contributed by atoms with van der Waals surface area (Å²) >= 11 is 0. The average Bonchev–Trinajstić information content (AvgIpc) is 2.17. The van der Waals surface area contributed by atoms with Crippen LogP contribution in [0.3, 0.4) is 0 Å². The van der Waals surface area contributed by atoms with Gasteiger partial charge >= 0.3 is 5.97 Å². The molecule has 82 valence electrons. The molecule has 1 aliphatic heterocycles. The van der Waals surface area contributed by atoms with Gasteiger partial charge in [0.2, 0.25) is 5.76 Å². The van der Waals surface area contributed by atoms with E-state index >= 15 is 0 Å². The van der Waals surface area contributed by atoms with E-state index in [1.807, 2.05) is 12.1 Å². The number of carbonyl (C=O) groups is 1. The van der Waals surface area contributed by atoms with Gasteiger partial charge in [-0.1, -0.05) is 12.1 Å². The van der Waals surface area contributed by atoms with Gasteiger partial charge in [0.25, 0.3) is 0 Å². The molecule has 2 N–H and O–H groups in total. The van der Waals surface area contributed by atoms with Crippen LogP contribution in [0, 0.1) is 0 Å². The summed E-state index contributed by atoms with van der Waals surface area (Å²) in [5, 5.41) is 11.5. The van der Waals surface area contributed by atoms with Crippen molar-refractivity contribution in [2.24, 2.45) is 0 Å². The number of aliphatic carboxylic acids is 1. The highest BCUT2D eigenvalue weighted by atomic mass is 35.5. The number of para-hydroxylation sites is 2. The van der Waals surface area contributed by atoms with E-state index < -0.39 is 5.97 Å². The van der Waals surface area contributed by atoms with Crippen LogP contribution in [-0.2, 0) is 4.79 Å². The van der Waals surface area contributed by atoms with E-state index in [0.717, 1.165) is 5.69 Å². The van der Waals surface area contributed by atoms with Crippen LogP contribution in [-0.4, -0.2) is 11.1 Å². The second-order valence-electron chi connectivity index (χ2n) is 2.56. The molecule has 0 spiro atoms. The van der Waals surface area contributed by atoms with Gasteiger partial charge in [-0.15, -0.1) is 24.8 Å². The van der Waals surface area contributed by atoms with Crippen LogP contribution >= 0.6 is 24.8 Å². The molecule has 0 saturated carbocycles. The zero-order valence-electron chi connectivity index (χ0n) is 7.47. The zero-order valence-corrected chi connectivity index (χ0v) is 9.10. The number of carboxylic acids is 1. The molecule has 0 saturated heterocycles. The molecule has 1 aromatic rings. The smallest absolute Gasteiger partial charge is 0.373 e. The van der Waals surface area contributed by atoms with Crippen LogP contribution in [0.15, 0.2) is 36.2 Å². The van der Waals surface area contributed by atoms with E-state index in [1.54, 1.807) is 12.1 Å². The second kappa shape index (κ2) is 5.48. The third-order valence-corrected chi connectivity index (χ3v) is 1.68. The maximum Gasteiger partial charge on any atom is 0.373 e. The molecule has 1 aliphatic rings. The molecule has 1 aromatic carbocycles. The molecule has 4 nitrogen and oxygen atoms in total. The summed E-state index contributed by atoms with van der Waals surface area (Å²) in [7, 11) is 0. The van der Waals surface area contributed by atoms with Crippen molar-refractivity contribution in [3.63, 3.8) is 0 Å². The maximum atomic E-state index is 10.5. The Morgan fingerprint density at radius 2 is 1.93 bits per heavy atom. The summed E-state index contributed by atoms with van der Waals surface area (Å²) in [4.78, 5) is 10.5. The highest BCUT2D eigenvalue weighted by Crippen LogP contribution is 2.28. The number of fused-ring (bicyclic) bond motifs is 1. The van der Waals surface area contributed by atoms with Crippen molar-refractivity contribution < 1.29 is 14.6 Å². The average molecular weight is 250 g/mol. The monoisotopic (exact) mass is 249 g/mol. The molecule has 0 aromatic heterocycles. The number of rotatable bonds is 1. The first kappa shape index (κ1) is 13.6. The molecule has 0 radical (unpaired) electrons. The van der Waals surface area contributed by atoms with E-state index in [-0.39, 0.29) is 30.6 Å². The number of benzene rings is 1. The molecule has 0 fully saturated rings. The molecule has 0 amide bonds. The predicted octanol–water partition coefficient (Wildman–Crippen LogP) is 2.26. The zero-order chi connectivity index (χ0) is 9.26. The van der Waals surface area contributed by atoms with Crippen LogP contribution in [0.4, 0.5) is 5.69 Å². The van der Waals surface area contributed by atoms with Crippen molar-refractivity contribution in [1.82, 2.24) is 0 Å². The summed E-state index contributed by atoms with van der Waals surface area (Å²) in [5.41, 5.74) is 0.771. The normalized spacial score (nSPS) is 11.6. The van der Waals surface area contributed by atoms with Crippen molar-refractivity contribution in [1.29, 1.82) is 0 Å². The van der Waals surface area contributed by atoms with Crippen molar-refractivity contribution in [2.75, 3.05) is 5.32 Å². The lowest BCUT2D eigenvalue weighted by Gasteiger charge is -2.15. The summed E-state index contributed by atoms with van der Waals surface area (Å²) in [5.74, 6) is -0.650. The molecule has 0 aliphatic carbocycles. The number of hydrogen-bond donors (Lipinski definition) is 2. The molecule has 0 atom stereocenters. The number of nitrogens with one attached hydrogen (secondary N) is 1. The molecule has 0 bridgehead atoms. The summed E-state index contributed by atoms with van der Waals surface area (Å²) in [6.45, 7) is 0. The summed E-state index contributed by atoms with van der Waals surface area (Å²) in [6.07, 6.45) is 1.32. The second-order valence-corrected chi connectivity index (χ2v) is 2.56. The number of ether oxygens (including phenoxy) is 1. The van der Waals surface area contributed by atoms with Crippen LogP contribution < -0.4 is 10.1 Å².